The molecule has 114 valence electrons. The lowest BCUT2D eigenvalue weighted by Gasteiger charge is -2.11. The molecule has 2 aromatic carbocycles. The third kappa shape index (κ3) is 4.31. The Morgan fingerprint density at radius 2 is 1.77 bits per heavy atom. The highest BCUT2D eigenvalue weighted by Gasteiger charge is 2.03. The molecular formula is C16H17N3O3. The molecule has 0 spiro atoms. The number of anilines is 1. The zero-order valence-corrected chi connectivity index (χ0v) is 12.5. The van der Waals surface area contributed by atoms with Crippen LogP contribution in [0.25, 0.3) is 0 Å². The predicted molar refractivity (Wildman–Crippen MR) is 86.2 cm³/mol. The highest BCUT2D eigenvalue weighted by Crippen LogP contribution is 2.13. The van der Waals surface area contributed by atoms with Gasteiger partial charge < -0.3 is 9.74 Å². The molecule has 2 rings (SSSR count). The second-order valence-electron chi connectivity index (χ2n) is 4.92. The van der Waals surface area contributed by atoms with Crippen LogP contribution in [0.3, 0.4) is 0 Å². The maximum Gasteiger partial charge on any atom is 0.269 e. The maximum absolute atomic E-state index is 10.5. The van der Waals surface area contributed by atoms with Gasteiger partial charge in [0, 0.05) is 31.9 Å². The normalized spacial score (nSPS) is 10.6. The first kappa shape index (κ1) is 15.5. The number of oxime groups is 1. The third-order valence-electron chi connectivity index (χ3n) is 3.06. The molecule has 0 saturated heterocycles. The van der Waals surface area contributed by atoms with Gasteiger partial charge in [-0.05, 0) is 35.4 Å². The molecule has 2 aromatic rings. The average Bonchev–Trinajstić information content (AvgIpc) is 2.52. The summed E-state index contributed by atoms with van der Waals surface area (Å²) >= 11 is 0. The van der Waals surface area contributed by atoms with Crippen LogP contribution in [0.4, 0.5) is 11.4 Å². The van der Waals surface area contributed by atoms with Crippen LogP contribution in [0.2, 0.25) is 0 Å². The van der Waals surface area contributed by atoms with Gasteiger partial charge in [-0.3, -0.25) is 10.1 Å². The SMILES string of the molecule is CN(C)c1ccc(C=NOCc2ccc([N+](=O)[O-])cc2)cc1. The number of nitrogens with zero attached hydrogens (tertiary/aromatic N) is 3. The van der Waals surface area contributed by atoms with E-state index >= 15 is 0 Å². The van der Waals surface area contributed by atoms with E-state index in [-0.39, 0.29) is 12.3 Å². The molecule has 0 N–H and O–H groups in total. The Labute approximate surface area is 128 Å². The number of rotatable bonds is 6. The molecular weight excluding hydrogens is 282 g/mol. The van der Waals surface area contributed by atoms with E-state index in [1.54, 1.807) is 18.3 Å². The molecule has 0 unspecified atom stereocenters. The van der Waals surface area contributed by atoms with E-state index in [9.17, 15) is 10.1 Å². The van der Waals surface area contributed by atoms with E-state index in [0.717, 1.165) is 16.8 Å². The summed E-state index contributed by atoms with van der Waals surface area (Å²) in [6, 6.07) is 14.1. The van der Waals surface area contributed by atoms with Crippen molar-refractivity contribution in [3.8, 4) is 0 Å². The molecule has 6 nitrogen and oxygen atoms in total. The standard InChI is InChI=1S/C16H17N3O3/c1-18(2)15-7-3-13(4-8-15)11-17-22-12-14-5-9-16(10-6-14)19(20)21/h3-11H,12H2,1-2H3. The van der Waals surface area contributed by atoms with E-state index in [4.69, 9.17) is 4.84 Å². The maximum atomic E-state index is 10.5. The summed E-state index contributed by atoms with van der Waals surface area (Å²) in [7, 11) is 3.97. The molecule has 0 aliphatic heterocycles. The minimum Gasteiger partial charge on any atom is -0.391 e. The van der Waals surface area contributed by atoms with Crippen molar-refractivity contribution in [3.63, 3.8) is 0 Å². The van der Waals surface area contributed by atoms with Gasteiger partial charge in [0.05, 0.1) is 11.1 Å². The number of hydrogen-bond acceptors (Lipinski definition) is 5. The first-order valence-electron chi connectivity index (χ1n) is 6.72. The average molecular weight is 299 g/mol. The molecule has 0 heterocycles. The molecule has 0 amide bonds. The van der Waals surface area contributed by atoms with Crippen molar-refractivity contribution in [2.75, 3.05) is 19.0 Å². The van der Waals surface area contributed by atoms with E-state index in [1.165, 1.54) is 12.1 Å². The number of nitro groups is 1. The molecule has 0 saturated carbocycles. The summed E-state index contributed by atoms with van der Waals surface area (Å²) in [5.74, 6) is 0. The lowest BCUT2D eigenvalue weighted by Crippen LogP contribution is -2.08. The first-order valence-corrected chi connectivity index (χ1v) is 6.72. The smallest absolute Gasteiger partial charge is 0.269 e. The molecule has 0 bridgehead atoms. The Hall–Kier alpha value is -2.89. The molecule has 0 aromatic heterocycles. The van der Waals surface area contributed by atoms with Crippen molar-refractivity contribution in [3.05, 3.63) is 69.8 Å². The Balaban J connectivity index is 1.86. The fourth-order valence-electron chi connectivity index (χ4n) is 1.78. The lowest BCUT2D eigenvalue weighted by atomic mass is 10.2. The van der Waals surface area contributed by atoms with Crippen molar-refractivity contribution >= 4 is 17.6 Å². The van der Waals surface area contributed by atoms with Crippen molar-refractivity contribution in [2.45, 2.75) is 6.61 Å². The summed E-state index contributed by atoms with van der Waals surface area (Å²) in [4.78, 5) is 17.3. The van der Waals surface area contributed by atoms with Crippen molar-refractivity contribution in [1.82, 2.24) is 0 Å². The molecule has 6 heteroatoms. The first-order chi connectivity index (χ1) is 10.6. The number of hydrogen-bond donors (Lipinski definition) is 0. The second-order valence-corrected chi connectivity index (χ2v) is 4.92. The molecule has 0 aliphatic rings. The minimum absolute atomic E-state index is 0.0632. The summed E-state index contributed by atoms with van der Waals surface area (Å²) in [6.45, 7) is 0.268. The quantitative estimate of drug-likeness (QED) is 0.466. The lowest BCUT2D eigenvalue weighted by molar-refractivity contribution is -0.384. The topological polar surface area (TPSA) is 68.0 Å². The van der Waals surface area contributed by atoms with E-state index in [0.29, 0.717) is 0 Å². The Kier molecular flexibility index (Phi) is 5.08. The van der Waals surface area contributed by atoms with Crippen molar-refractivity contribution in [2.24, 2.45) is 5.16 Å². The molecule has 0 fully saturated rings. The van der Waals surface area contributed by atoms with Gasteiger partial charge in [-0.25, -0.2) is 0 Å². The predicted octanol–water partition coefficient (Wildman–Crippen LogP) is 3.21. The van der Waals surface area contributed by atoms with Gasteiger partial charge in [-0.15, -0.1) is 0 Å². The van der Waals surface area contributed by atoms with Crippen LogP contribution >= 0.6 is 0 Å². The fourth-order valence-corrected chi connectivity index (χ4v) is 1.78. The van der Waals surface area contributed by atoms with Gasteiger partial charge >= 0.3 is 0 Å². The van der Waals surface area contributed by atoms with Crippen molar-refractivity contribution in [1.29, 1.82) is 0 Å². The van der Waals surface area contributed by atoms with Crippen LogP contribution in [0, 0.1) is 10.1 Å². The Morgan fingerprint density at radius 1 is 1.14 bits per heavy atom. The van der Waals surface area contributed by atoms with Crippen molar-refractivity contribution < 1.29 is 9.76 Å². The molecule has 22 heavy (non-hydrogen) atoms. The molecule has 0 aliphatic carbocycles. The number of non-ortho nitro benzene ring substituents is 1. The van der Waals surface area contributed by atoms with Crippen LogP contribution in [0.15, 0.2) is 53.7 Å². The summed E-state index contributed by atoms with van der Waals surface area (Å²) in [5.41, 5.74) is 2.94. The molecule has 0 radical (unpaired) electrons. The van der Waals surface area contributed by atoms with E-state index < -0.39 is 4.92 Å². The van der Waals surface area contributed by atoms with E-state index in [1.807, 2.05) is 43.3 Å². The summed E-state index contributed by atoms with van der Waals surface area (Å²) in [6.07, 6.45) is 1.63. The number of nitro benzene ring substituents is 1. The Morgan fingerprint density at radius 3 is 2.32 bits per heavy atom. The summed E-state index contributed by atoms with van der Waals surface area (Å²) < 4.78 is 0. The Bertz CT molecular complexity index is 649. The fraction of sp³-hybridized carbons (Fsp3) is 0.188. The largest absolute Gasteiger partial charge is 0.391 e. The van der Waals surface area contributed by atoms with Gasteiger partial charge in [0.2, 0.25) is 0 Å². The van der Waals surface area contributed by atoms with Crippen LogP contribution in [-0.4, -0.2) is 25.2 Å². The highest BCUT2D eigenvalue weighted by molar-refractivity contribution is 5.79. The van der Waals surface area contributed by atoms with Crippen LogP contribution in [0.1, 0.15) is 11.1 Å². The van der Waals surface area contributed by atoms with Gasteiger partial charge in [0.1, 0.15) is 6.61 Å². The van der Waals surface area contributed by atoms with Crippen LogP contribution < -0.4 is 4.90 Å². The van der Waals surface area contributed by atoms with Gasteiger partial charge in [-0.1, -0.05) is 17.3 Å². The monoisotopic (exact) mass is 299 g/mol. The zero-order chi connectivity index (χ0) is 15.9. The summed E-state index contributed by atoms with van der Waals surface area (Å²) in [5, 5.41) is 14.4. The van der Waals surface area contributed by atoms with Crippen LogP contribution in [0.5, 0.6) is 0 Å². The van der Waals surface area contributed by atoms with E-state index in [2.05, 4.69) is 5.16 Å². The highest BCUT2D eigenvalue weighted by atomic mass is 16.6. The van der Waals surface area contributed by atoms with Crippen LogP contribution in [-0.2, 0) is 11.4 Å². The minimum atomic E-state index is -0.430. The van der Waals surface area contributed by atoms with Gasteiger partial charge in [-0.2, -0.15) is 0 Å². The number of benzene rings is 2. The zero-order valence-electron chi connectivity index (χ0n) is 12.5. The van der Waals surface area contributed by atoms with Gasteiger partial charge in [0.25, 0.3) is 5.69 Å². The molecule has 0 atom stereocenters. The third-order valence-corrected chi connectivity index (χ3v) is 3.06. The van der Waals surface area contributed by atoms with Gasteiger partial charge in [0.15, 0.2) is 0 Å². The second kappa shape index (κ2) is 7.21.